The van der Waals surface area contributed by atoms with Crippen LogP contribution in [-0.4, -0.2) is 32.5 Å². The number of hydrogen-bond donors (Lipinski definition) is 0. The SMILES string of the molecule is C1=CC(n2c3ccccc3n3c4ccccc4nc23)Cc2c1nc1n(-c3ccccc3-c3ccccc3-n3c4ccccc4c4ccccc43)c3ccccc3n21. The van der Waals surface area contributed by atoms with E-state index in [0.717, 1.165) is 73.8 Å². The van der Waals surface area contributed by atoms with E-state index in [2.05, 4.69) is 205 Å². The van der Waals surface area contributed by atoms with E-state index in [1.807, 2.05) is 0 Å². The molecule has 7 heteroatoms. The zero-order chi connectivity index (χ0) is 37.2. The van der Waals surface area contributed by atoms with Crippen LogP contribution in [0.4, 0.5) is 0 Å². The van der Waals surface area contributed by atoms with Gasteiger partial charge in [-0.2, -0.15) is 0 Å². The van der Waals surface area contributed by atoms with Crippen molar-refractivity contribution in [2.45, 2.75) is 12.5 Å². The summed E-state index contributed by atoms with van der Waals surface area (Å²) in [4.78, 5) is 10.6. The summed E-state index contributed by atoms with van der Waals surface area (Å²) in [6, 6.07) is 60.9. The Bertz CT molecular complexity index is 3590. The van der Waals surface area contributed by atoms with E-state index < -0.39 is 0 Å². The number of para-hydroxylation sites is 10. The number of imidazole rings is 4. The second kappa shape index (κ2) is 11.4. The van der Waals surface area contributed by atoms with Crippen LogP contribution in [0.15, 0.2) is 176 Å². The van der Waals surface area contributed by atoms with Crippen LogP contribution >= 0.6 is 0 Å². The fourth-order valence-corrected chi connectivity index (χ4v) is 9.70. The molecule has 5 heterocycles. The molecule has 5 aromatic heterocycles. The van der Waals surface area contributed by atoms with E-state index in [9.17, 15) is 0 Å². The summed E-state index contributed by atoms with van der Waals surface area (Å²) in [6.45, 7) is 0. The molecule has 7 nitrogen and oxygen atoms in total. The van der Waals surface area contributed by atoms with Crippen molar-refractivity contribution >= 4 is 72.5 Å². The minimum Gasteiger partial charge on any atom is -0.309 e. The maximum atomic E-state index is 5.43. The standard InChI is InChI=1S/C50H33N7/c1-6-20-39-33(15-1)34-16-2-7-21-40(34)54(39)41-22-8-3-17-35(41)36-18-4-9-23-42(36)55-46-27-13-14-28-47(46)57-48-31-32(29-30-38(48)52-50(55)57)53-44-25-11-12-26-45(44)56-43-24-10-5-19-37(43)51-49(53)56/h1-30,32H,31H2. The average Bonchev–Trinajstić information content (AvgIpc) is 4.06. The van der Waals surface area contributed by atoms with Crippen molar-refractivity contribution in [1.82, 2.24) is 32.5 Å². The van der Waals surface area contributed by atoms with Gasteiger partial charge in [-0.1, -0.05) is 115 Å². The normalized spacial score (nSPS) is 14.4. The highest BCUT2D eigenvalue weighted by atomic mass is 15.2. The molecule has 0 aliphatic heterocycles. The average molecular weight is 732 g/mol. The van der Waals surface area contributed by atoms with Crippen molar-refractivity contribution < 1.29 is 0 Å². The second-order valence-electron chi connectivity index (χ2n) is 15.0. The number of benzene rings is 7. The van der Waals surface area contributed by atoms with Gasteiger partial charge in [0.15, 0.2) is 0 Å². The van der Waals surface area contributed by atoms with E-state index in [0.29, 0.717) is 0 Å². The Labute approximate surface area is 326 Å². The van der Waals surface area contributed by atoms with Crippen molar-refractivity contribution in [3.8, 4) is 22.5 Å². The molecule has 0 spiro atoms. The zero-order valence-corrected chi connectivity index (χ0v) is 30.7. The number of aromatic nitrogens is 7. The van der Waals surface area contributed by atoms with Gasteiger partial charge in [-0.15, -0.1) is 0 Å². The Morgan fingerprint density at radius 3 is 1.65 bits per heavy atom. The zero-order valence-electron chi connectivity index (χ0n) is 30.7. The summed E-state index contributed by atoms with van der Waals surface area (Å²) in [5.74, 6) is 1.86. The van der Waals surface area contributed by atoms with E-state index >= 15 is 0 Å². The molecule has 12 aromatic rings. The van der Waals surface area contributed by atoms with Crippen LogP contribution in [0.25, 0.3) is 95.0 Å². The molecule has 1 aliphatic carbocycles. The molecule has 13 rings (SSSR count). The van der Waals surface area contributed by atoms with Gasteiger partial charge in [0.1, 0.15) is 0 Å². The lowest BCUT2D eigenvalue weighted by molar-refractivity contribution is 0.616. The molecule has 0 saturated carbocycles. The fourth-order valence-electron chi connectivity index (χ4n) is 9.70. The van der Waals surface area contributed by atoms with Crippen molar-refractivity contribution in [3.05, 3.63) is 187 Å². The Morgan fingerprint density at radius 1 is 0.421 bits per heavy atom. The van der Waals surface area contributed by atoms with Gasteiger partial charge in [0.2, 0.25) is 11.6 Å². The van der Waals surface area contributed by atoms with Crippen molar-refractivity contribution in [2.24, 2.45) is 0 Å². The van der Waals surface area contributed by atoms with Crippen LogP contribution in [0.2, 0.25) is 0 Å². The Balaban J connectivity index is 1.02. The molecule has 0 N–H and O–H groups in total. The minimum atomic E-state index is 0.0455. The highest BCUT2D eigenvalue weighted by Crippen LogP contribution is 2.41. The van der Waals surface area contributed by atoms with Gasteiger partial charge >= 0.3 is 0 Å². The predicted octanol–water partition coefficient (Wildman–Crippen LogP) is 11.6. The Hall–Kier alpha value is -7.64. The largest absolute Gasteiger partial charge is 0.309 e. The first-order chi connectivity index (χ1) is 28.3. The molecule has 0 saturated heterocycles. The molecular formula is C50H33N7. The Morgan fingerprint density at radius 2 is 0.947 bits per heavy atom. The van der Waals surface area contributed by atoms with Gasteiger partial charge in [-0.25, -0.2) is 9.97 Å². The van der Waals surface area contributed by atoms with Crippen LogP contribution in [-0.2, 0) is 6.42 Å². The lowest BCUT2D eigenvalue weighted by atomic mass is 10.0. The van der Waals surface area contributed by atoms with Crippen molar-refractivity contribution in [3.63, 3.8) is 0 Å². The first-order valence-electron chi connectivity index (χ1n) is 19.5. The van der Waals surface area contributed by atoms with E-state index in [4.69, 9.17) is 9.97 Å². The number of hydrogen-bond acceptors (Lipinski definition) is 2. The summed E-state index contributed by atoms with van der Waals surface area (Å²) >= 11 is 0. The van der Waals surface area contributed by atoms with Gasteiger partial charge in [-0.05, 0) is 66.7 Å². The van der Waals surface area contributed by atoms with E-state index in [-0.39, 0.29) is 6.04 Å². The van der Waals surface area contributed by atoms with E-state index in [1.54, 1.807) is 0 Å². The molecule has 57 heavy (non-hydrogen) atoms. The van der Waals surface area contributed by atoms with Gasteiger partial charge in [0.05, 0.1) is 72.9 Å². The molecule has 0 radical (unpaired) electrons. The summed E-state index contributed by atoms with van der Waals surface area (Å²) in [5, 5.41) is 2.50. The predicted molar refractivity (Wildman–Crippen MR) is 232 cm³/mol. The topological polar surface area (TPSA) is 49.4 Å². The van der Waals surface area contributed by atoms with Crippen LogP contribution in [0.5, 0.6) is 0 Å². The first kappa shape index (κ1) is 30.7. The van der Waals surface area contributed by atoms with Gasteiger partial charge in [-0.3, -0.25) is 13.4 Å². The van der Waals surface area contributed by atoms with Gasteiger partial charge < -0.3 is 9.13 Å². The quantitative estimate of drug-likeness (QED) is 0.181. The molecule has 1 atom stereocenters. The minimum absolute atomic E-state index is 0.0455. The van der Waals surface area contributed by atoms with E-state index in [1.165, 1.54) is 33.0 Å². The maximum Gasteiger partial charge on any atom is 0.220 e. The molecule has 1 unspecified atom stereocenters. The van der Waals surface area contributed by atoms with Crippen LogP contribution in [0.1, 0.15) is 17.4 Å². The summed E-state index contributed by atoms with van der Waals surface area (Å²) < 4.78 is 11.9. The van der Waals surface area contributed by atoms with Crippen molar-refractivity contribution in [1.29, 1.82) is 0 Å². The molecule has 0 fully saturated rings. The second-order valence-corrected chi connectivity index (χ2v) is 15.0. The number of allylic oxidation sites excluding steroid dienone is 1. The Kier molecular flexibility index (Phi) is 6.16. The monoisotopic (exact) mass is 731 g/mol. The summed E-state index contributed by atoms with van der Waals surface area (Å²) in [5.41, 5.74) is 15.8. The third-order valence-electron chi connectivity index (χ3n) is 12.1. The van der Waals surface area contributed by atoms with Crippen LogP contribution in [0.3, 0.4) is 0 Å². The molecule has 0 bridgehead atoms. The fraction of sp³-hybridized carbons (Fsp3) is 0.0400. The third kappa shape index (κ3) is 4.14. The highest BCUT2D eigenvalue weighted by molar-refractivity contribution is 6.10. The van der Waals surface area contributed by atoms with Crippen LogP contribution < -0.4 is 0 Å². The summed E-state index contributed by atoms with van der Waals surface area (Å²) in [7, 11) is 0. The number of fused-ring (bicyclic) bond motifs is 13. The highest BCUT2D eigenvalue weighted by Gasteiger charge is 2.29. The van der Waals surface area contributed by atoms with Gasteiger partial charge in [0, 0.05) is 28.3 Å². The van der Waals surface area contributed by atoms with Crippen molar-refractivity contribution in [2.75, 3.05) is 0 Å². The molecule has 268 valence electrons. The summed E-state index contributed by atoms with van der Waals surface area (Å²) in [6.07, 6.45) is 5.30. The lowest BCUT2D eigenvalue weighted by Crippen LogP contribution is -2.14. The molecule has 1 aliphatic rings. The maximum absolute atomic E-state index is 5.43. The number of nitrogens with zero attached hydrogens (tertiary/aromatic N) is 7. The lowest BCUT2D eigenvalue weighted by Gasteiger charge is -2.19. The molecule has 7 aromatic carbocycles. The first-order valence-corrected chi connectivity index (χ1v) is 19.5. The molecular weight excluding hydrogens is 699 g/mol. The number of rotatable bonds is 4. The van der Waals surface area contributed by atoms with Crippen LogP contribution in [0, 0.1) is 0 Å². The third-order valence-corrected chi connectivity index (χ3v) is 12.1. The van der Waals surface area contributed by atoms with Gasteiger partial charge in [0.25, 0.3) is 0 Å². The smallest absolute Gasteiger partial charge is 0.220 e. The molecule has 0 amide bonds.